The maximum Gasteiger partial charge on any atom is 0.155 e. The van der Waals surface area contributed by atoms with Crippen LogP contribution < -0.4 is 5.19 Å². The molecule has 5 aromatic rings. The fraction of sp³-hybridized carbons (Fsp3) is 0.294. The minimum absolute atomic E-state index is 0. The van der Waals surface area contributed by atoms with Crippen LogP contribution in [0.1, 0.15) is 45.7 Å². The molecule has 211 valence electrons. The van der Waals surface area contributed by atoms with E-state index in [1.54, 1.807) is 5.19 Å². The summed E-state index contributed by atoms with van der Waals surface area (Å²) in [4.78, 5) is 14.9. The number of thiophene rings is 1. The molecule has 2 heterocycles. The van der Waals surface area contributed by atoms with E-state index in [0.717, 1.165) is 16.6 Å². The van der Waals surface area contributed by atoms with Crippen molar-refractivity contribution in [3.63, 3.8) is 0 Å². The number of carbonyl (C=O) groups excluding carboxylic acids is 1. The first-order valence-corrected chi connectivity index (χ1v) is 17.6. The SMILES string of the molecule is CC(=O)/C=C(/C)O.Cc1ccc2c(sc3ccnc(-c4[c-]c5ccccc5c(C(C)(C)C)c4)c32)c1[Si](C)(C)C.[Ir]. The number of carbonyl (C=O) groups is 1. The summed E-state index contributed by atoms with van der Waals surface area (Å²) in [7, 11) is -1.49. The quantitative estimate of drug-likeness (QED) is 0.0868. The number of aliphatic hydroxyl groups is 1. The Morgan fingerprint density at radius 2 is 1.70 bits per heavy atom. The first kappa shape index (κ1) is 31.9. The van der Waals surface area contributed by atoms with E-state index in [9.17, 15) is 4.79 Å². The molecule has 6 heteroatoms. The van der Waals surface area contributed by atoms with Crippen LogP contribution in [-0.4, -0.2) is 23.9 Å². The van der Waals surface area contributed by atoms with Gasteiger partial charge in [-0.25, -0.2) is 0 Å². The number of aromatic nitrogens is 1. The molecule has 0 saturated carbocycles. The maximum atomic E-state index is 10.0. The number of hydrogen-bond donors (Lipinski definition) is 1. The van der Waals surface area contributed by atoms with Crippen molar-refractivity contribution in [3.8, 4) is 11.3 Å². The van der Waals surface area contributed by atoms with Gasteiger partial charge in [0, 0.05) is 47.5 Å². The van der Waals surface area contributed by atoms with Gasteiger partial charge in [0.05, 0.1) is 13.8 Å². The summed E-state index contributed by atoms with van der Waals surface area (Å²) in [5.41, 5.74) is 4.95. The first-order chi connectivity index (χ1) is 18.2. The van der Waals surface area contributed by atoms with Gasteiger partial charge in [0.15, 0.2) is 5.78 Å². The smallest absolute Gasteiger partial charge is 0.155 e. The van der Waals surface area contributed by atoms with E-state index in [-0.39, 0.29) is 37.1 Å². The molecule has 1 N–H and O–H groups in total. The van der Waals surface area contributed by atoms with Crippen molar-refractivity contribution in [1.29, 1.82) is 0 Å². The molecule has 0 bridgehead atoms. The van der Waals surface area contributed by atoms with Crippen molar-refractivity contribution in [2.24, 2.45) is 0 Å². The number of aliphatic hydroxyl groups excluding tert-OH is 1. The number of benzene rings is 3. The topological polar surface area (TPSA) is 50.2 Å². The Balaban J connectivity index is 0.000000492. The number of pyridine rings is 1. The van der Waals surface area contributed by atoms with Gasteiger partial charge in [-0.15, -0.1) is 40.5 Å². The first-order valence-electron chi connectivity index (χ1n) is 13.3. The van der Waals surface area contributed by atoms with Crippen LogP contribution in [0.2, 0.25) is 19.6 Å². The summed E-state index contributed by atoms with van der Waals surface area (Å²) in [6.07, 6.45) is 3.13. The Morgan fingerprint density at radius 1 is 1.02 bits per heavy atom. The Labute approximate surface area is 256 Å². The number of rotatable bonds is 3. The maximum absolute atomic E-state index is 10.0. The van der Waals surface area contributed by atoms with Crippen molar-refractivity contribution in [1.82, 2.24) is 4.98 Å². The molecule has 3 nitrogen and oxygen atoms in total. The van der Waals surface area contributed by atoms with Crippen molar-refractivity contribution in [2.75, 3.05) is 0 Å². The fourth-order valence-electron chi connectivity index (χ4n) is 5.29. The van der Waals surface area contributed by atoms with Crippen LogP contribution in [0.3, 0.4) is 0 Å². The molecule has 0 aliphatic carbocycles. The van der Waals surface area contributed by atoms with E-state index in [1.807, 2.05) is 17.5 Å². The number of allylic oxidation sites excluding steroid dienone is 2. The average Bonchev–Trinajstić information content (AvgIpc) is 3.19. The summed E-state index contributed by atoms with van der Waals surface area (Å²) >= 11 is 1.93. The normalized spacial score (nSPS) is 12.3. The van der Waals surface area contributed by atoms with Gasteiger partial charge < -0.3 is 5.11 Å². The van der Waals surface area contributed by atoms with Crippen LogP contribution in [0, 0.1) is 13.0 Å². The minimum atomic E-state index is -1.49. The Kier molecular flexibility index (Phi) is 9.63. The van der Waals surface area contributed by atoms with Crippen molar-refractivity contribution >= 4 is 61.3 Å². The Morgan fingerprint density at radius 3 is 2.27 bits per heavy atom. The van der Waals surface area contributed by atoms with E-state index in [1.165, 1.54) is 56.6 Å². The van der Waals surface area contributed by atoms with Crippen molar-refractivity contribution in [3.05, 3.63) is 83.8 Å². The standard InChI is InChI=1S/C29H30NSSi.C5H8O2.Ir/c1-18-12-13-22-25-24(31-27(22)28(18)32(5,6)7)14-15-30-26(25)20-16-19-10-8-9-11-21(19)23(17-20)29(2,3)4;1-4(6)3-5(2)7;/h8-15,17H,1-7H3;3,6H,1-2H3;/q-1;;/b;4-3-;. The third kappa shape index (κ3) is 6.63. The Bertz CT molecular complexity index is 1740. The molecule has 40 heavy (non-hydrogen) atoms. The number of fused-ring (bicyclic) bond motifs is 4. The van der Waals surface area contributed by atoms with E-state index in [0.29, 0.717) is 0 Å². The van der Waals surface area contributed by atoms with Crippen LogP contribution in [0.4, 0.5) is 0 Å². The molecule has 0 fully saturated rings. The van der Waals surface area contributed by atoms with Crippen LogP contribution in [0.25, 0.3) is 42.2 Å². The van der Waals surface area contributed by atoms with Gasteiger partial charge in [0.1, 0.15) is 0 Å². The number of ketones is 1. The van der Waals surface area contributed by atoms with Gasteiger partial charge in [-0.05, 0) is 48.2 Å². The summed E-state index contributed by atoms with van der Waals surface area (Å²) in [6.45, 7) is 19.3. The zero-order valence-electron chi connectivity index (χ0n) is 24.8. The second-order valence-corrected chi connectivity index (χ2v) is 18.4. The summed E-state index contributed by atoms with van der Waals surface area (Å²) in [6, 6.07) is 21.4. The molecule has 0 spiro atoms. The predicted molar refractivity (Wildman–Crippen MR) is 172 cm³/mol. The second-order valence-electron chi connectivity index (χ2n) is 12.3. The largest absolute Gasteiger partial charge is 0.512 e. The van der Waals surface area contributed by atoms with Gasteiger partial charge in [0.25, 0.3) is 0 Å². The number of hydrogen-bond acceptors (Lipinski definition) is 4. The van der Waals surface area contributed by atoms with Crippen LogP contribution in [0.15, 0.2) is 66.6 Å². The van der Waals surface area contributed by atoms with Crippen LogP contribution in [-0.2, 0) is 30.3 Å². The molecule has 0 aliphatic heterocycles. The average molecular weight is 745 g/mol. The number of aryl methyl sites for hydroxylation is 1. The summed E-state index contributed by atoms with van der Waals surface area (Å²) < 4.78 is 2.76. The third-order valence-corrected chi connectivity index (χ3v) is 10.3. The molecule has 3 aromatic carbocycles. The van der Waals surface area contributed by atoms with Gasteiger partial charge in [-0.2, -0.15) is 0 Å². The molecule has 5 rings (SSSR count). The van der Waals surface area contributed by atoms with Gasteiger partial charge in [-0.1, -0.05) is 87.3 Å². The van der Waals surface area contributed by atoms with Crippen LogP contribution in [0.5, 0.6) is 0 Å². The molecule has 0 unspecified atom stereocenters. The second kappa shape index (κ2) is 12.1. The van der Waals surface area contributed by atoms with E-state index in [2.05, 4.69) is 102 Å². The van der Waals surface area contributed by atoms with Gasteiger partial charge in [0.2, 0.25) is 0 Å². The molecule has 0 amide bonds. The van der Waals surface area contributed by atoms with E-state index in [4.69, 9.17) is 10.1 Å². The zero-order chi connectivity index (χ0) is 28.7. The minimum Gasteiger partial charge on any atom is -0.512 e. The zero-order valence-corrected chi connectivity index (χ0v) is 29.0. The monoisotopic (exact) mass is 745 g/mol. The molecule has 0 saturated heterocycles. The molecule has 1 radical (unpaired) electrons. The van der Waals surface area contributed by atoms with E-state index < -0.39 is 8.07 Å². The molecular weight excluding hydrogens is 707 g/mol. The number of nitrogens with zero attached hydrogens (tertiary/aromatic N) is 1. The third-order valence-electron chi connectivity index (χ3n) is 6.76. The molecule has 0 atom stereocenters. The fourth-order valence-corrected chi connectivity index (χ4v) is 9.65. The molecule has 0 aliphatic rings. The summed E-state index contributed by atoms with van der Waals surface area (Å²) in [5.74, 6) is -0.0625. The molecule has 2 aromatic heterocycles. The van der Waals surface area contributed by atoms with Crippen LogP contribution >= 0.6 is 11.3 Å². The molecular formula is C34H38IrNO2SSi-. The van der Waals surface area contributed by atoms with E-state index >= 15 is 0 Å². The van der Waals surface area contributed by atoms with Gasteiger partial charge >= 0.3 is 0 Å². The Hall–Kier alpha value is -2.63. The predicted octanol–water partition coefficient (Wildman–Crippen LogP) is 9.26. The van der Waals surface area contributed by atoms with Gasteiger partial charge in [-0.3, -0.25) is 9.78 Å². The summed E-state index contributed by atoms with van der Waals surface area (Å²) in [5, 5.41) is 15.0. The van der Waals surface area contributed by atoms with Crippen molar-refractivity contribution in [2.45, 2.75) is 66.6 Å². The van der Waals surface area contributed by atoms with Crippen molar-refractivity contribution < 1.29 is 30.0 Å².